The van der Waals surface area contributed by atoms with Gasteiger partial charge in [-0.15, -0.1) is 6.58 Å². The molecule has 0 atom stereocenters. The Morgan fingerprint density at radius 3 is 2.60 bits per heavy atom. The molecule has 0 saturated heterocycles. The highest BCUT2D eigenvalue weighted by molar-refractivity contribution is 5.73. The van der Waals surface area contributed by atoms with Crippen LogP contribution in [0.3, 0.4) is 0 Å². The standard InChI is InChI=1S/C15H19N3O2/c1-5-8-18-10(2)17-14(15(18)16)11-6-7-12(19-3)13(9-11)20-4/h5-7,9H,1,8,16H2,2-4H3. The Bertz CT molecular complexity index is 632. The van der Waals surface area contributed by atoms with Crippen molar-refractivity contribution in [1.29, 1.82) is 0 Å². The second-order valence-electron chi connectivity index (χ2n) is 4.36. The number of ether oxygens (including phenoxy) is 2. The van der Waals surface area contributed by atoms with Crippen molar-refractivity contribution in [2.45, 2.75) is 13.5 Å². The number of aryl methyl sites for hydroxylation is 1. The molecule has 0 saturated carbocycles. The van der Waals surface area contributed by atoms with Gasteiger partial charge in [-0.1, -0.05) is 6.08 Å². The summed E-state index contributed by atoms with van der Waals surface area (Å²) in [6.07, 6.45) is 1.80. The van der Waals surface area contributed by atoms with E-state index in [0.717, 1.165) is 17.1 Å². The number of hydrogen-bond donors (Lipinski definition) is 1. The van der Waals surface area contributed by atoms with Crippen LogP contribution >= 0.6 is 0 Å². The summed E-state index contributed by atoms with van der Waals surface area (Å²) in [5.41, 5.74) is 7.80. The van der Waals surface area contributed by atoms with Gasteiger partial charge in [-0.25, -0.2) is 4.98 Å². The van der Waals surface area contributed by atoms with Crippen molar-refractivity contribution in [2.24, 2.45) is 0 Å². The van der Waals surface area contributed by atoms with Crippen LogP contribution in [0.2, 0.25) is 0 Å². The van der Waals surface area contributed by atoms with Crippen LogP contribution in [0.15, 0.2) is 30.9 Å². The molecule has 2 N–H and O–H groups in total. The molecule has 2 aromatic rings. The maximum Gasteiger partial charge on any atom is 0.161 e. The Hall–Kier alpha value is -2.43. The van der Waals surface area contributed by atoms with Crippen molar-refractivity contribution >= 4 is 5.82 Å². The van der Waals surface area contributed by atoms with Crippen LogP contribution < -0.4 is 15.2 Å². The number of nitrogens with two attached hydrogens (primary N) is 1. The second-order valence-corrected chi connectivity index (χ2v) is 4.36. The predicted molar refractivity (Wildman–Crippen MR) is 80.1 cm³/mol. The number of methoxy groups -OCH3 is 2. The van der Waals surface area contributed by atoms with E-state index in [1.54, 1.807) is 20.3 Å². The first-order chi connectivity index (χ1) is 9.62. The van der Waals surface area contributed by atoms with Gasteiger partial charge in [0.2, 0.25) is 0 Å². The summed E-state index contributed by atoms with van der Waals surface area (Å²) in [6, 6.07) is 5.63. The molecule has 20 heavy (non-hydrogen) atoms. The fourth-order valence-electron chi connectivity index (χ4n) is 2.14. The molecule has 0 fully saturated rings. The van der Waals surface area contributed by atoms with E-state index in [1.165, 1.54) is 0 Å². The zero-order valence-corrected chi connectivity index (χ0v) is 12.0. The number of nitrogen functional groups attached to an aromatic ring is 1. The number of aromatic nitrogens is 2. The van der Waals surface area contributed by atoms with Crippen LogP contribution in [0.25, 0.3) is 11.3 Å². The Labute approximate surface area is 118 Å². The lowest BCUT2D eigenvalue weighted by Crippen LogP contribution is -2.03. The molecule has 0 aliphatic rings. The topological polar surface area (TPSA) is 62.3 Å². The summed E-state index contributed by atoms with van der Waals surface area (Å²) in [7, 11) is 3.21. The molecule has 0 aliphatic heterocycles. The van der Waals surface area contributed by atoms with Gasteiger partial charge < -0.3 is 19.8 Å². The SMILES string of the molecule is C=CCn1c(C)nc(-c2ccc(OC)c(OC)c2)c1N. The van der Waals surface area contributed by atoms with Gasteiger partial charge in [0.15, 0.2) is 11.5 Å². The number of imidazole rings is 1. The van der Waals surface area contributed by atoms with Gasteiger partial charge in [-0.05, 0) is 25.1 Å². The van der Waals surface area contributed by atoms with Crippen LogP contribution in [0, 0.1) is 6.92 Å². The first-order valence-corrected chi connectivity index (χ1v) is 6.28. The molecule has 5 nitrogen and oxygen atoms in total. The number of benzene rings is 1. The molecule has 5 heteroatoms. The largest absolute Gasteiger partial charge is 0.493 e. The van der Waals surface area contributed by atoms with Crippen molar-refractivity contribution in [2.75, 3.05) is 20.0 Å². The van der Waals surface area contributed by atoms with Gasteiger partial charge in [0.1, 0.15) is 17.3 Å². The van der Waals surface area contributed by atoms with Gasteiger partial charge in [0.05, 0.1) is 14.2 Å². The first-order valence-electron chi connectivity index (χ1n) is 6.28. The average Bonchev–Trinajstić information content (AvgIpc) is 2.75. The van der Waals surface area contributed by atoms with Crippen molar-refractivity contribution in [3.8, 4) is 22.8 Å². The van der Waals surface area contributed by atoms with Crippen LogP contribution in [0.4, 0.5) is 5.82 Å². The van der Waals surface area contributed by atoms with E-state index in [0.29, 0.717) is 23.9 Å². The Morgan fingerprint density at radius 1 is 1.30 bits per heavy atom. The smallest absolute Gasteiger partial charge is 0.161 e. The average molecular weight is 273 g/mol. The van der Waals surface area contributed by atoms with Crippen molar-refractivity contribution in [3.05, 3.63) is 36.7 Å². The van der Waals surface area contributed by atoms with Gasteiger partial charge in [0.25, 0.3) is 0 Å². The van der Waals surface area contributed by atoms with E-state index in [2.05, 4.69) is 11.6 Å². The van der Waals surface area contributed by atoms with Crippen LogP contribution in [-0.2, 0) is 6.54 Å². The van der Waals surface area contributed by atoms with E-state index in [4.69, 9.17) is 15.2 Å². The van der Waals surface area contributed by atoms with Gasteiger partial charge in [-0.3, -0.25) is 0 Å². The molecule has 0 amide bonds. The maximum atomic E-state index is 6.16. The molecular weight excluding hydrogens is 254 g/mol. The quantitative estimate of drug-likeness (QED) is 0.851. The summed E-state index contributed by atoms with van der Waals surface area (Å²) in [5.74, 6) is 2.80. The number of rotatable bonds is 5. The third-order valence-corrected chi connectivity index (χ3v) is 3.17. The maximum absolute atomic E-state index is 6.16. The van der Waals surface area contributed by atoms with E-state index in [1.807, 2.05) is 29.7 Å². The molecule has 2 rings (SSSR count). The Kier molecular flexibility index (Phi) is 3.98. The third kappa shape index (κ3) is 2.34. The van der Waals surface area contributed by atoms with E-state index in [9.17, 15) is 0 Å². The summed E-state index contributed by atoms with van der Waals surface area (Å²) in [4.78, 5) is 4.52. The van der Waals surface area contributed by atoms with Crippen LogP contribution in [-0.4, -0.2) is 23.8 Å². The molecule has 1 aromatic carbocycles. The summed E-state index contributed by atoms with van der Waals surface area (Å²) < 4.78 is 12.5. The normalized spacial score (nSPS) is 10.3. The minimum absolute atomic E-state index is 0.620. The lowest BCUT2D eigenvalue weighted by Gasteiger charge is -2.09. The predicted octanol–water partition coefficient (Wildman–Crippen LogP) is 2.64. The van der Waals surface area contributed by atoms with E-state index < -0.39 is 0 Å². The van der Waals surface area contributed by atoms with Gasteiger partial charge in [-0.2, -0.15) is 0 Å². The van der Waals surface area contributed by atoms with Gasteiger partial charge in [0, 0.05) is 12.1 Å². The van der Waals surface area contributed by atoms with Crippen molar-refractivity contribution in [3.63, 3.8) is 0 Å². The molecule has 106 valence electrons. The zero-order chi connectivity index (χ0) is 14.7. The van der Waals surface area contributed by atoms with E-state index in [-0.39, 0.29) is 0 Å². The molecule has 0 bridgehead atoms. The zero-order valence-electron chi connectivity index (χ0n) is 12.0. The number of hydrogen-bond acceptors (Lipinski definition) is 4. The molecule has 1 heterocycles. The summed E-state index contributed by atoms with van der Waals surface area (Å²) in [5, 5.41) is 0. The first kappa shape index (κ1) is 14.0. The monoisotopic (exact) mass is 273 g/mol. The van der Waals surface area contributed by atoms with Crippen molar-refractivity contribution < 1.29 is 9.47 Å². The van der Waals surface area contributed by atoms with Crippen molar-refractivity contribution in [1.82, 2.24) is 9.55 Å². The fraction of sp³-hybridized carbons (Fsp3) is 0.267. The highest BCUT2D eigenvalue weighted by atomic mass is 16.5. The van der Waals surface area contributed by atoms with Gasteiger partial charge >= 0.3 is 0 Å². The lowest BCUT2D eigenvalue weighted by molar-refractivity contribution is 0.355. The second kappa shape index (κ2) is 5.69. The summed E-state index contributed by atoms with van der Waals surface area (Å²) >= 11 is 0. The molecule has 0 spiro atoms. The van der Waals surface area contributed by atoms with E-state index >= 15 is 0 Å². The Balaban J connectivity index is 2.51. The molecule has 0 aliphatic carbocycles. The number of allylic oxidation sites excluding steroid dienone is 1. The highest BCUT2D eigenvalue weighted by Gasteiger charge is 2.15. The summed E-state index contributed by atoms with van der Waals surface area (Å²) in [6.45, 7) is 6.29. The number of anilines is 1. The van der Waals surface area contributed by atoms with Crippen LogP contribution in [0.5, 0.6) is 11.5 Å². The number of nitrogens with zero attached hydrogens (tertiary/aromatic N) is 2. The molecule has 0 radical (unpaired) electrons. The minimum atomic E-state index is 0.620. The Morgan fingerprint density at radius 2 is 2.00 bits per heavy atom. The van der Waals surface area contributed by atoms with Crippen LogP contribution in [0.1, 0.15) is 5.82 Å². The molecular formula is C15H19N3O2. The molecule has 0 unspecified atom stereocenters. The lowest BCUT2D eigenvalue weighted by atomic mass is 10.1. The molecule has 1 aromatic heterocycles. The third-order valence-electron chi connectivity index (χ3n) is 3.17. The highest BCUT2D eigenvalue weighted by Crippen LogP contribution is 2.34. The fourth-order valence-corrected chi connectivity index (χ4v) is 2.14. The minimum Gasteiger partial charge on any atom is -0.493 e.